The third-order valence-corrected chi connectivity index (χ3v) is 2.98. The van der Waals surface area contributed by atoms with E-state index < -0.39 is 11.8 Å². The molecular formula is C16H13ClN2O2. The molecule has 0 aliphatic carbocycles. The van der Waals surface area contributed by atoms with Gasteiger partial charge in [-0.2, -0.15) is 0 Å². The minimum absolute atomic E-state index is 0.0196. The number of benzene rings is 2. The fourth-order valence-electron chi connectivity index (χ4n) is 1.68. The molecule has 3 N–H and O–H groups in total. The summed E-state index contributed by atoms with van der Waals surface area (Å²) in [5.41, 5.74) is 6.47. The molecular weight excluding hydrogens is 288 g/mol. The molecule has 0 aliphatic heterocycles. The zero-order valence-electron chi connectivity index (χ0n) is 11.0. The van der Waals surface area contributed by atoms with Gasteiger partial charge in [0.05, 0.1) is 0 Å². The first-order chi connectivity index (χ1) is 10.1. The summed E-state index contributed by atoms with van der Waals surface area (Å²) in [6, 6.07) is 15.4. The van der Waals surface area contributed by atoms with E-state index in [2.05, 4.69) is 5.32 Å². The molecule has 0 fully saturated rings. The van der Waals surface area contributed by atoms with Gasteiger partial charge >= 0.3 is 0 Å². The highest BCUT2D eigenvalue weighted by Gasteiger charge is 2.11. The van der Waals surface area contributed by atoms with Crippen LogP contribution in [-0.2, 0) is 4.79 Å². The molecule has 21 heavy (non-hydrogen) atoms. The highest BCUT2D eigenvalue weighted by Crippen LogP contribution is 2.12. The highest BCUT2D eigenvalue weighted by atomic mass is 35.5. The summed E-state index contributed by atoms with van der Waals surface area (Å²) in [7, 11) is 0. The molecule has 0 bridgehead atoms. The first-order valence-electron chi connectivity index (χ1n) is 6.20. The number of halogens is 1. The van der Waals surface area contributed by atoms with E-state index in [0.29, 0.717) is 16.1 Å². The Morgan fingerprint density at radius 3 is 2.19 bits per heavy atom. The maximum absolute atomic E-state index is 12.0. The minimum atomic E-state index is -0.714. The van der Waals surface area contributed by atoms with Crippen LogP contribution in [0.3, 0.4) is 0 Å². The van der Waals surface area contributed by atoms with Gasteiger partial charge in [0, 0.05) is 10.6 Å². The average Bonchev–Trinajstić information content (AvgIpc) is 2.49. The number of hydrogen-bond donors (Lipinski definition) is 2. The Morgan fingerprint density at radius 2 is 1.62 bits per heavy atom. The number of hydrogen-bond acceptors (Lipinski definition) is 2. The van der Waals surface area contributed by atoms with Crippen molar-refractivity contribution in [1.82, 2.24) is 5.32 Å². The molecule has 106 valence electrons. The van der Waals surface area contributed by atoms with Gasteiger partial charge in [-0.05, 0) is 35.9 Å². The molecule has 0 radical (unpaired) electrons. The van der Waals surface area contributed by atoms with E-state index in [4.69, 9.17) is 17.3 Å². The number of carbonyl (C=O) groups excluding carboxylic acids is 2. The van der Waals surface area contributed by atoms with Crippen molar-refractivity contribution in [3.8, 4) is 0 Å². The van der Waals surface area contributed by atoms with Gasteiger partial charge in [-0.25, -0.2) is 0 Å². The quantitative estimate of drug-likeness (QED) is 0.852. The topological polar surface area (TPSA) is 72.2 Å². The molecule has 2 aromatic rings. The van der Waals surface area contributed by atoms with Gasteiger partial charge in [0.25, 0.3) is 11.8 Å². The molecule has 2 rings (SSSR count). The van der Waals surface area contributed by atoms with Gasteiger partial charge < -0.3 is 11.1 Å². The largest absolute Gasteiger partial charge is 0.364 e. The Balaban J connectivity index is 2.22. The van der Waals surface area contributed by atoms with Crippen LogP contribution in [0, 0.1) is 0 Å². The fourth-order valence-corrected chi connectivity index (χ4v) is 1.80. The molecule has 0 aliphatic rings. The molecule has 0 saturated heterocycles. The molecule has 0 aromatic heterocycles. The smallest absolute Gasteiger partial charge is 0.265 e. The van der Waals surface area contributed by atoms with Crippen molar-refractivity contribution >= 4 is 29.5 Å². The van der Waals surface area contributed by atoms with Gasteiger partial charge in [-0.3, -0.25) is 9.59 Å². The van der Waals surface area contributed by atoms with E-state index in [9.17, 15) is 9.59 Å². The SMILES string of the molecule is NC(=O)/C(=C/c1ccc(Cl)cc1)NC(=O)c1ccccc1. The van der Waals surface area contributed by atoms with E-state index in [1.807, 2.05) is 0 Å². The fraction of sp³-hybridized carbons (Fsp3) is 0. The van der Waals surface area contributed by atoms with E-state index in [-0.39, 0.29) is 5.70 Å². The Kier molecular flexibility index (Phi) is 4.74. The van der Waals surface area contributed by atoms with Crippen molar-refractivity contribution in [2.75, 3.05) is 0 Å². The number of nitrogens with two attached hydrogens (primary N) is 1. The summed E-state index contributed by atoms with van der Waals surface area (Å²) in [5, 5.41) is 3.09. The van der Waals surface area contributed by atoms with Crippen LogP contribution in [-0.4, -0.2) is 11.8 Å². The van der Waals surface area contributed by atoms with Crippen LogP contribution in [0.1, 0.15) is 15.9 Å². The lowest BCUT2D eigenvalue weighted by atomic mass is 10.1. The number of primary amides is 1. The number of carbonyl (C=O) groups is 2. The van der Waals surface area contributed by atoms with Crippen molar-refractivity contribution in [2.45, 2.75) is 0 Å². The van der Waals surface area contributed by atoms with Gasteiger partial charge in [-0.1, -0.05) is 41.9 Å². The summed E-state index contributed by atoms with van der Waals surface area (Å²) in [6.45, 7) is 0. The molecule has 4 nitrogen and oxygen atoms in total. The molecule has 0 atom stereocenters. The first-order valence-corrected chi connectivity index (χ1v) is 6.57. The molecule has 0 unspecified atom stereocenters. The van der Waals surface area contributed by atoms with Crippen molar-refractivity contribution in [2.24, 2.45) is 5.73 Å². The van der Waals surface area contributed by atoms with Crippen molar-refractivity contribution < 1.29 is 9.59 Å². The Labute approximate surface area is 127 Å². The Hall–Kier alpha value is -2.59. The zero-order valence-corrected chi connectivity index (χ0v) is 11.8. The van der Waals surface area contributed by atoms with E-state index in [1.165, 1.54) is 6.08 Å². The third kappa shape index (κ3) is 4.19. The molecule has 5 heteroatoms. The lowest BCUT2D eigenvalue weighted by Gasteiger charge is -2.07. The Bertz CT molecular complexity index is 679. The second-order valence-corrected chi connectivity index (χ2v) is 4.73. The summed E-state index contributed by atoms with van der Waals surface area (Å²) < 4.78 is 0. The lowest BCUT2D eigenvalue weighted by Crippen LogP contribution is -2.31. The standard InChI is InChI=1S/C16H13ClN2O2/c17-13-8-6-11(7-9-13)10-14(15(18)20)19-16(21)12-4-2-1-3-5-12/h1-10H,(H2,18,20)(H,19,21)/b14-10-. The van der Waals surface area contributed by atoms with Crippen LogP contribution >= 0.6 is 11.6 Å². The lowest BCUT2D eigenvalue weighted by molar-refractivity contribution is -0.114. The normalized spacial score (nSPS) is 11.0. The summed E-state index contributed by atoms with van der Waals surface area (Å²) >= 11 is 5.79. The van der Waals surface area contributed by atoms with Crippen LogP contribution in [0.2, 0.25) is 5.02 Å². The number of nitrogens with one attached hydrogen (secondary N) is 1. The van der Waals surface area contributed by atoms with Gasteiger partial charge in [0.2, 0.25) is 0 Å². The second-order valence-electron chi connectivity index (χ2n) is 4.29. The van der Waals surface area contributed by atoms with E-state index >= 15 is 0 Å². The van der Waals surface area contributed by atoms with E-state index in [0.717, 1.165) is 0 Å². The van der Waals surface area contributed by atoms with Gasteiger partial charge in [0.15, 0.2) is 0 Å². The van der Waals surface area contributed by atoms with Crippen molar-refractivity contribution in [1.29, 1.82) is 0 Å². The minimum Gasteiger partial charge on any atom is -0.364 e. The third-order valence-electron chi connectivity index (χ3n) is 2.73. The van der Waals surface area contributed by atoms with Crippen LogP contribution in [0.15, 0.2) is 60.3 Å². The predicted molar refractivity (Wildman–Crippen MR) is 82.5 cm³/mol. The number of amides is 2. The maximum Gasteiger partial charge on any atom is 0.265 e. The molecule has 2 amide bonds. The van der Waals surface area contributed by atoms with Crippen LogP contribution in [0.5, 0.6) is 0 Å². The van der Waals surface area contributed by atoms with Crippen molar-refractivity contribution in [3.63, 3.8) is 0 Å². The van der Waals surface area contributed by atoms with Crippen LogP contribution in [0.25, 0.3) is 6.08 Å². The molecule has 0 spiro atoms. The van der Waals surface area contributed by atoms with Crippen LogP contribution < -0.4 is 11.1 Å². The van der Waals surface area contributed by atoms with Crippen molar-refractivity contribution in [3.05, 3.63) is 76.4 Å². The van der Waals surface area contributed by atoms with Crippen LogP contribution in [0.4, 0.5) is 0 Å². The molecule has 0 saturated carbocycles. The molecule has 0 heterocycles. The van der Waals surface area contributed by atoms with E-state index in [1.54, 1.807) is 54.6 Å². The van der Waals surface area contributed by atoms with Gasteiger partial charge in [0.1, 0.15) is 5.70 Å². The predicted octanol–water partition coefficient (Wildman–Crippen LogP) is 2.60. The first kappa shape index (κ1) is 14.8. The van der Waals surface area contributed by atoms with Gasteiger partial charge in [-0.15, -0.1) is 0 Å². The Morgan fingerprint density at radius 1 is 1.00 bits per heavy atom. The monoisotopic (exact) mass is 300 g/mol. The highest BCUT2D eigenvalue weighted by molar-refractivity contribution is 6.30. The number of rotatable bonds is 4. The zero-order chi connectivity index (χ0) is 15.2. The maximum atomic E-state index is 12.0. The summed E-state index contributed by atoms with van der Waals surface area (Å²) in [6.07, 6.45) is 1.50. The average molecular weight is 301 g/mol. The summed E-state index contributed by atoms with van der Waals surface area (Å²) in [5.74, 6) is -1.11. The second kappa shape index (κ2) is 6.72. The summed E-state index contributed by atoms with van der Waals surface area (Å²) in [4.78, 5) is 23.5. The molecule has 2 aromatic carbocycles.